The Kier molecular flexibility index (Phi) is 3.34. The summed E-state index contributed by atoms with van der Waals surface area (Å²) in [6.45, 7) is 1.68. The van der Waals surface area contributed by atoms with Crippen LogP contribution < -0.4 is 10.6 Å². The zero-order valence-corrected chi connectivity index (χ0v) is 9.18. The number of nitro groups is 1. The van der Waals surface area contributed by atoms with Gasteiger partial charge in [-0.15, -0.1) is 0 Å². The number of hydrogen-bond donors (Lipinski definition) is 2. The third kappa shape index (κ3) is 2.79. The van der Waals surface area contributed by atoms with Crippen molar-refractivity contribution in [3.63, 3.8) is 0 Å². The van der Waals surface area contributed by atoms with Crippen molar-refractivity contribution in [3.8, 4) is 0 Å². The number of nitrogens with one attached hydrogen (secondary N) is 2. The fraction of sp³-hybridized carbons (Fsp3) is 0.364. The van der Waals surface area contributed by atoms with Gasteiger partial charge in [-0.25, -0.2) is 0 Å². The summed E-state index contributed by atoms with van der Waals surface area (Å²) < 4.78 is 0. The third-order valence-electron chi connectivity index (χ3n) is 2.74. The molecule has 6 nitrogen and oxygen atoms in total. The summed E-state index contributed by atoms with van der Waals surface area (Å²) >= 11 is 0. The predicted octanol–water partition coefficient (Wildman–Crippen LogP) is 0.686. The minimum atomic E-state index is -0.484. The first-order valence-electron chi connectivity index (χ1n) is 5.43. The van der Waals surface area contributed by atoms with Crippen LogP contribution in [0.4, 0.5) is 5.69 Å². The van der Waals surface area contributed by atoms with Crippen LogP contribution in [0.15, 0.2) is 24.3 Å². The van der Waals surface area contributed by atoms with E-state index in [9.17, 15) is 14.9 Å². The molecule has 1 aliphatic rings. The molecule has 1 atom stereocenters. The number of nitro benzene ring substituents is 1. The van der Waals surface area contributed by atoms with Crippen LogP contribution in [0.5, 0.6) is 0 Å². The van der Waals surface area contributed by atoms with E-state index in [1.165, 1.54) is 24.3 Å². The largest absolute Gasteiger partial charge is 0.348 e. The van der Waals surface area contributed by atoms with Gasteiger partial charge in [0.1, 0.15) is 0 Å². The number of hydrogen-bond acceptors (Lipinski definition) is 4. The molecule has 0 spiro atoms. The number of rotatable bonds is 3. The molecule has 1 saturated heterocycles. The van der Waals surface area contributed by atoms with Gasteiger partial charge in [0.25, 0.3) is 11.6 Å². The number of carbonyl (C=O) groups excluding carboxylic acids is 1. The van der Waals surface area contributed by atoms with E-state index < -0.39 is 4.92 Å². The molecule has 1 fully saturated rings. The summed E-state index contributed by atoms with van der Waals surface area (Å²) in [5, 5.41) is 16.5. The standard InChI is InChI=1S/C11H13N3O3/c15-11(13-9-5-6-12-7-9)8-1-3-10(4-2-8)14(16)17/h1-4,9,12H,5-7H2,(H,13,15)/t9-/m0/s1. The smallest absolute Gasteiger partial charge is 0.269 e. The van der Waals surface area contributed by atoms with Crippen molar-refractivity contribution in [2.75, 3.05) is 13.1 Å². The van der Waals surface area contributed by atoms with E-state index in [-0.39, 0.29) is 17.6 Å². The Balaban J connectivity index is 2.01. The molecule has 0 aliphatic carbocycles. The Bertz CT molecular complexity index is 424. The van der Waals surface area contributed by atoms with Gasteiger partial charge in [0.2, 0.25) is 0 Å². The molecular formula is C11H13N3O3. The summed E-state index contributed by atoms with van der Waals surface area (Å²) in [5.74, 6) is -0.186. The second-order valence-electron chi connectivity index (χ2n) is 3.97. The van der Waals surface area contributed by atoms with E-state index in [2.05, 4.69) is 10.6 Å². The van der Waals surface area contributed by atoms with Crippen LogP contribution in [0.3, 0.4) is 0 Å². The molecule has 0 aromatic heterocycles. The molecule has 1 aliphatic heterocycles. The Labute approximate surface area is 98.2 Å². The number of non-ortho nitro benzene ring substituents is 1. The van der Waals surface area contributed by atoms with Gasteiger partial charge in [-0.05, 0) is 25.1 Å². The molecule has 1 aromatic rings. The SMILES string of the molecule is O=C(N[C@H]1CCNC1)c1ccc([N+](=O)[O-])cc1. The van der Waals surface area contributed by atoms with Gasteiger partial charge in [0.05, 0.1) is 4.92 Å². The summed E-state index contributed by atoms with van der Waals surface area (Å²) in [4.78, 5) is 21.7. The number of benzene rings is 1. The van der Waals surface area contributed by atoms with Crippen LogP contribution in [0, 0.1) is 10.1 Å². The van der Waals surface area contributed by atoms with E-state index in [1.54, 1.807) is 0 Å². The van der Waals surface area contributed by atoms with E-state index in [0.717, 1.165) is 19.5 Å². The van der Waals surface area contributed by atoms with Crippen molar-refractivity contribution >= 4 is 11.6 Å². The summed E-state index contributed by atoms with van der Waals surface area (Å²) in [7, 11) is 0. The van der Waals surface area contributed by atoms with Crippen molar-refractivity contribution in [3.05, 3.63) is 39.9 Å². The first-order valence-corrected chi connectivity index (χ1v) is 5.43. The summed E-state index contributed by atoms with van der Waals surface area (Å²) in [6, 6.07) is 5.76. The second kappa shape index (κ2) is 4.92. The second-order valence-corrected chi connectivity index (χ2v) is 3.97. The average molecular weight is 235 g/mol. The van der Waals surface area contributed by atoms with Crippen LogP contribution in [-0.4, -0.2) is 30.0 Å². The highest BCUT2D eigenvalue weighted by molar-refractivity contribution is 5.94. The molecule has 0 unspecified atom stereocenters. The van der Waals surface area contributed by atoms with Crippen LogP contribution in [-0.2, 0) is 0 Å². The van der Waals surface area contributed by atoms with Crippen LogP contribution in [0.2, 0.25) is 0 Å². The molecule has 17 heavy (non-hydrogen) atoms. The first kappa shape index (κ1) is 11.5. The normalized spacial score (nSPS) is 18.9. The van der Waals surface area contributed by atoms with E-state index in [4.69, 9.17) is 0 Å². The highest BCUT2D eigenvalue weighted by Gasteiger charge is 2.17. The van der Waals surface area contributed by atoms with Gasteiger partial charge in [-0.3, -0.25) is 14.9 Å². The van der Waals surface area contributed by atoms with E-state index in [0.29, 0.717) is 5.56 Å². The molecule has 6 heteroatoms. The number of carbonyl (C=O) groups is 1. The van der Waals surface area contributed by atoms with Crippen molar-refractivity contribution in [1.29, 1.82) is 0 Å². The molecule has 0 bridgehead atoms. The van der Waals surface area contributed by atoms with Gasteiger partial charge in [-0.1, -0.05) is 0 Å². The van der Waals surface area contributed by atoms with Crippen LogP contribution in [0.25, 0.3) is 0 Å². The zero-order chi connectivity index (χ0) is 12.3. The van der Waals surface area contributed by atoms with Gasteiger partial charge in [0, 0.05) is 30.3 Å². The maximum absolute atomic E-state index is 11.8. The van der Waals surface area contributed by atoms with Crippen molar-refractivity contribution in [1.82, 2.24) is 10.6 Å². The highest BCUT2D eigenvalue weighted by Crippen LogP contribution is 2.12. The lowest BCUT2D eigenvalue weighted by Gasteiger charge is -2.10. The van der Waals surface area contributed by atoms with Crippen molar-refractivity contribution < 1.29 is 9.72 Å². The molecule has 2 N–H and O–H groups in total. The number of amides is 1. The Morgan fingerprint density at radius 1 is 1.41 bits per heavy atom. The Morgan fingerprint density at radius 3 is 2.65 bits per heavy atom. The lowest BCUT2D eigenvalue weighted by Crippen LogP contribution is -2.36. The quantitative estimate of drug-likeness (QED) is 0.596. The number of nitrogens with zero attached hydrogens (tertiary/aromatic N) is 1. The Hall–Kier alpha value is -1.95. The van der Waals surface area contributed by atoms with Crippen molar-refractivity contribution in [2.45, 2.75) is 12.5 Å². The first-order chi connectivity index (χ1) is 8.16. The van der Waals surface area contributed by atoms with E-state index in [1.807, 2.05) is 0 Å². The molecule has 1 amide bonds. The van der Waals surface area contributed by atoms with Crippen LogP contribution >= 0.6 is 0 Å². The van der Waals surface area contributed by atoms with Gasteiger partial charge < -0.3 is 10.6 Å². The predicted molar refractivity (Wildman–Crippen MR) is 61.8 cm³/mol. The topological polar surface area (TPSA) is 84.3 Å². The van der Waals surface area contributed by atoms with Crippen molar-refractivity contribution in [2.24, 2.45) is 0 Å². The lowest BCUT2D eigenvalue weighted by molar-refractivity contribution is -0.384. The Morgan fingerprint density at radius 2 is 2.12 bits per heavy atom. The van der Waals surface area contributed by atoms with Gasteiger partial charge >= 0.3 is 0 Å². The fourth-order valence-electron chi connectivity index (χ4n) is 1.78. The molecule has 90 valence electrons. The molecule has 2 rings (SSSR count). The summed E-state index contributed by atoms with van der Waals surface area (Å²) in [6.07, 6.45) is 0.915. The van der Waals surface area contributed by atoms with Crippen LogP contribution in [0.1, 0.15) is 16.8 Å². The van der Waals surface area contributed by atoms with Gasteiger partial charge in [0.15, 0.2) is 0 Å². The fourth-order valence-corrected chi connectivity index (χ4v) is 1.78. The zero-order valence-electron chi connectivity index (χ0n) is 9.18. The lowest BCUT2D eigenvalue weighted by atomic mass is 10.1. The monoisotopic (exact) mass is 235 g/mol. The minimum absolute atomic E-state index is 0.0101. The van der Waals surface area contributed by atoms with E-state index >= 15 is 0 Å². The highest BCUT2D eigenvalue weighted by atomic mass is 16.6. The van der Waals surface area contributed by atoms with Gasteiger partial charge in [-0.2, -0.15) is 0 Å². The maximum atomic E-state index is 11.8. The molecule has 0 saturated carbocycles. The average Bonchev–Trinajstić information content (AvgIpc) is 2.82. The molecule has 0 radical (unpaired) electrons. The minimum Gasteiger partial charge on any atom is -0.348 e. The maximum Gasteiger partial charge on any atom is 0.269 e. The third-order valence-corrected chi connectivity index (χ3v) is 2.74. The molecular weight excluding hydrogens is 222 g/mol. The molecule has 1 heterocycles. The summed E-state index contributed by atoms with van der Waals surface area (Å²) in [5.41, 5.74) is 0.437. The molecule has 1 aromatic carbocycles.